The molecule has 0 aromatic rings. The Kier molecular flexibility index (Phi) is 3.98. The van der Waals surface area contributed by atoms with Crippen molar-refractivity contribution < 1.29 is 19.1 Å². The van der Waals surface area contributed by atoms with E-state index in [0.717, 1.165) is 24.8 Å². The first-order valence-corrected chi connectivity index (χ1v) is 8.40. The number of piperidine rings is 1. The maximum Gasteiger partial charge on any atom is 0.410 e. The molecule has 0 aromatic heterocycles. The monoisotopic (exact) mass is 319 g/mol. The fraction of sp³-hybridized carbons (Fsp3) is 0.667. The van der Waals surface area contributed by atoms with Gasteiger partial charge in [-0.05, 0) is 52.0 Å². The normalized spacial score (nSPS) is 30.6. The predicted molar refractivity (Wildman–Crippen MR) is 85.9 cm³/mol. The smallest absolute Gasteiger partial charge is 0.410 e. The quantitative estimate of drug-likeness (QED) is 0.549. The third-order valence-corrected chi connectivity index (χ3v) is 4.71. The van der Waals surface area contributed by atoms with Crippen LogP contribution in [0.15, 0.2) is 23.8 Å². The lowest BCUT2D eigenvalue weighted by atomic mass is 9.75. The first-order valence-electron chi connectivity index (χ1n) is 8.40. The molecule has 5 heteroatoms. The molecule has 2 atom stereocenters. The van der Waals surface area contributed by atoms with Gasteiger partial charge in [0.15, 0.2) is 5.60 Å². The number of carbonyl (C=O) groups excluding carboxylic acids is 2. The van der Waals surface area contributed by atoms with Crippen LogP contribution in [0.5, 0.6) is 0 Å². The minimum absolute atomic E-state index is 0.145. The zero-order valence-electron chi connectivity index (χ0n) is 14.1. The molecule has 0 aromatic carbocycles. The molecule has 1 amide bonds. The van der Waals surface area contributed by atoms with Crippen LogP contribution in [0, 0.1) is 0 Å². The minimum Gasteiger partial charge on any atom is -0.449 e. The van der Waals surface area contributed by atoms with Crippen molar-refractivity contribution in [1.29, 1.82) is 0 Å². The van der Waals surface area contributed by atoms with Crippen molar-refractivity contribution in [3.8, 4) is 0 Å². The van der Waals surface area contributed by atoms with Crippen LogP contribution >= 0.6 is 0 Å². The van der Waals surface area contributed by atoms with Crippen molar-refractivity contribution in [3.63, 3.8) is 0 Å². The molecule has 126 valence electrons. The molecular formula is C18H25NO4. The molecule has 2 aliphatic heterocycles. The van der Waals surface area contributed by atoms with Gasteiger partial charge < -0.3 is 14.4 Å². The van der Waals surface area contributed by atoms with Crippen LogP contribution in [0.1, 0.15) is 52.9 Å². The van der Waals surface area contributed by atoms with Crippen molar-refractivity contribution in [2.45, 2.75) is 70.1 Å². The third-order valence-electron chi connectivity index (χ3n) is 4.71. The van der Waals surface area contributed by atoms with Crippen molar-refractivity contribution >= 4 is 12.1 Å². The van der Waals surface area contributed by atoms with Crippen molar-refractivity contribution in [2.75, 3.05) is 6.54 Å². The van der Waals surface area contributed by atoms with E-state index in [1.54, 1.807) is 11.0 Å². The predicted octanol–water partition coefficient (Wildman–Crippen LogP) is 3.35. The summed E-state index contributed by atoms with van der Waals surface area (Å²) in [6, 6.07) is -0.145. The Morgan fingerprint density at radius 1 is 1.35 bits per heavy atom. The minimum atomic E-state index is -0.691. The van der Waals surface area contributed by atoms with Crippen molar-refractivity contribution in [1.82, 2.24) is 4.90 Å². The number of ether oxygens (including phenoxy) is 2. The van der Waals surface area contributed by atoms with Gasteiger partial charge in [-0.15, -0.1) is 0 Å². The molecule has 0 bridgehead atoms. The number of likely N-dealkylation sites (tertiary alicyclic amines) is 1. The lowest BCUT2D eigenvalue weighted by molar-refractivity contribution is -0.153. The Bertz CT molecular complexity index is 572. The summed E-state index contributed by atoms with van der Waals surface area (Å²) in [5.74, 6) is -0.293. The highest BCUT2D eigenvalue weighted by Gasteiger charge is 2.53. The fourth-order valence-corrected chi connectivity index (χ4v) is 3.79. The van der Waals surface area contributed by atoms with Crippen molar-refractivity contribution in [3.05, 3.63) is 23.8 Å². The number of carbonyl (C=O) groups is 2. The molecule has 3 rings (SSSR count). The summed E-state index contributed by atoms with van der Waals surface area (Å²) in [7, 11) is 0. The molecule has 0 N–H and O–H groups in total. The lowest BCUT2D eigenvalue weighted by Crippen LogP contribution is -2.58. The summed E-state index contributed by atoms with van der Waals surface area (Å²) >= 11 is 0. The van der Waals surface area contributed by atoms with Crippen LogP contribution in [-0.2, 0) is 14.3 Å². The van der Waals surface area contributed by atoms with Crippen LogP contribution in [0.2, 0.25) is 0 Å². The molecule has 0 unspecified atom stereocenters. The second-order valence-electron chi connectivity index (χ2n) is 7.55. The average Bonchev–Trinajstić information content (AvgIpc) is 2.82. The number of fused-ring (bicyclic) bond motifs is 1. The fourth-order valence-electron chi connectivity index (χ4n) is 3.79. The van der Waals surface area contributed by atoms with Crippen LogP contribution in [0.25, 0.3) is 0 Å². The Balaban J connectivity index is 1.89. The molecule has 23 heavy (non-hydrogen) atoms. The highest BCUT2D eigenvalue weighted by atomic mass is 16.6. The van der Waals surface area contributed by atoms with Crippen LogP contribution in [0.3, 0.4) is 0 Å². The zero-order valence-corrected chi connectivity index (χ0v) is 14.1. The maximum atomic E-state index is 12.7. The summed E-state index contributed by atoms with van der Waals surface area (Å²) in [4.78, 5) is 26.3. The van der Waals surface area contributed by atoms with E-state index in [4.69, 9.17) is 9.47 Å². The van der Waals surface area contributed by atoms with Gasteiger partial charge in [-0.2, -0.15) is 0 Å². The van der Waals surface area contributed by atoms with Gasteiger partial charge in [-0.1, -0.05) is 12.2 Å². The summed E-state index contributed by atoms with van der Waals surface area (Å²) in [5, 5.41) is 0. The maximum absolute atomic E-state index is 12.7. The Labute approximate surface area is 137 Å². The van der Waals surface area contributed by atoms with Crippen LogP contribution in [-0.4, -0.2) is 40.8 Å². The van der Waals surface area contributed by atoms with E-state index in [1.807, 2.05) is 20.8 Å². The van der Waals surface area contributed by atoms with E-state index in [1.165, 1.54) is 0 Å². The Morgan fingerprint density at radius 3 is 2.87 bits per heavy atom. The van der Waals surface area contributed by atoms with Crippen LogP contribution < -0.4 is 0 Å². The summed E-state index contributed by atoms with van der Waals surface area (Å²) in [6.07, 6.45) is 9.56. The molecule has 0 saturated carbocycles. The largest absolute Gasteiger partial charge is 0.449 e. The Hall–Kier alpha value is -1.78. The van der Waals surface area contributed by atoms with Gasteiger partial charge in [0.1, 0.15) is 5.60 Å². The molecule has 1 fully saturated rings. The van der Waals surface area contributed by atoms with E-state index in [0.29, 0.717) is 19.4 Å². The SMILES string of the molecule is CC(C)(C)OC(=O)N1CCCC[C@@H]1[C@]12CC=CCC1=CC(=O)O2. The highest BCUT2D eigenvalue weighted by molar-refractivity contribution is 5.87. The van der Waals surface area contributed by atoms with Gasteiger partial charge in [-0.25, -0.2) is 9.59 Å². The van der Waals surface area contributed by atoms with Gasteiger partial charge in [0.25, 0.3) is 0 Å². The molecule has 3 aliphatic rings. The average molecular weight is 319 g/mol. The second-order valence-corrected chi connectivity index (χ2v) is 7.55. The Morgan fingerprint density at radius 2 is 2.13 bits per heavy atom. The first kappa shape index (κ1) is 16.1. The standard InChI is InChI=1S/C18H25NO4/c1-17(2,3)23-16(21)19-11-7-5-9-14(19)18-10-6-4-8-13(18)12-15(20)22-18/h4,6,12,14H,5,7-11H2,1-3H3/t14-,18+/m1/s1. The molecule has 2 heterocycles. The van der Waals surface area contributed by atoms with Gasteiger partial charge in [0.05, 0.1) is 6.04 Å². The van der Waals surface area contributed by atoms with Gasteiger partial charge >= 0.3 is 12.1 Å². The topological polar surface area (TPSA) is 55.8 Å². The molecule has 0 radical (unpaired) electrons. The number of nitrogens with zero attached hydrogens (tertiary/aromatic N) is 1. The summed E-state index contributed by atoms with van der Waals surface area (Å²) in [5.41, 5.74) is -0.234. The number of amides is 1. The highest BCUT2D eigenvalue weighted by Crippen LogP contribution is 2.44. The third kappa shape index (κ3) is 3.01. The molecule has 1 aliphatic carbocycles. The van der Waals surface area contributed by atoms with E-state index >= 15 is 0 Å². The van der Waals surface area contributed by atoms with Gasteiger partial charge in [0, 0.05) is 19.0 Å². The first-order chi connectivity index (χ1) is 10.8. The van der Waals surface area contributed by atoms with E-state index < -0.39 is 11.2 Å². The number of allylic oxidation sites excluding steroid dienone is 1. The summed E-state index contributed by atoms with van der Waals surface area (Å²) in [6.45, 7) is 6.25. The number of hydrogen-bond acceptors (Lipinski definition) is 4. The molecule has 0 spiro atoms. The van der Waals surface area contributed by atoms with Gasteiger partial charge in [0.2, 0.25) is 0 Å². The number of esters is 1. The number of hydrogen-bond donors (Lipinski definition) is 0. The second kappa shape index (κ2) is 5.69. The zero-order chi connectivity index (χ0) is 16.7. The summed E-state index contributed by atoms with van der Waals surface area (Å²) < 4.78 is 11.3. The van der Waals surface area contributed by atoms with Gasteiger partial charge in [-0.3, -0.25) is 0 Å². The molecule has 1 saturated heterocycles. The van der Waals surface area contributed by atoms with E-state index in [-0.39, 0.29) is 18.1 Å². The number of rotatable bonds is 1. The lowest BCUT2D eigenvalue weighted by Gasteiger charge is -2.47. The van der Waals surface area contributed by atoms with E-state index in [2.05, 4.69) is 12.2 Å². The van der Waals surface area contributed by atoms with Crippen LogP contribution in [0.4, 0.5) is 4.79 Å². The molecule has 5 nitrogen and oxygen atoms in total. The van der Waals surface area contributed by atoms with Crippen molar-refractivity contribution in [2.24, 2.45) is 0 Å². The molecular weight excluding hydrogens is 294 g/mol. The van der Waals surface area contributed by atoms with E-state index in [9.17, 15) is 9.59 Å².